The number of carbonyl (C=O) groups excluding carboxylic acids is 3. The molecule has 0 aliphatic rings. The predicted molar refractivity (Wildman–Crippen MR) is 344 cm³/mol. The molecule has 462 valence electrons. The highest BCUT2D eigenvalue weighted by atomic mass is 16.6. The molecular formula is C73H134O6. The van der Waals surface area contributed by atoms with E-state index < -0.39 is 6.10 Å². The summed E-state index contributed by atoms with van der Waals surface area (Å²) >= 11 is 0. The van der Waals surface area contributed by atoms with Crippen LogP contribution in [0.2, 0.25) is 0 Å². The van der Waals surface area contributed by atoms with Crippen molar-refractivity contribution in [2.75, 3.05) is 13.2 Å². The maximum atomic E-state index is 13.0. The summed E-state index contributed by atoms with van der Waals surface area (Å²) in [6, 6.07) is 0. The molecule has 6 heteroatoms. The zero-order chi connectivity index (χ0) is 57.1. The van der Waals surface area contributed by atoms with Crippen LogP contribution in [0, 0.1) is 0 Å². The van der Waals surface area contributed by atoms with Crippen molar-refractivity contribution in [2.45, 2.75) is 386 Å². The molecule has 0 aromatic heterocycles. The van der Waals surface area contributed by atoms with Gasteiger partial charge in [-0.15, -0.1) is 0 Å². The van der Waals surface area contributed by atoms with E-state index in [1.807, 2.05) is 0 Å². The summed E-state index contributed by atoms with van der Waals surface area (Å²) in [6.45, 7) is 6.60. The lowest BCUT2D eigenvalue weighted by molar-refractivity contribution is -0.167. The fourth-order valence-corrected chi connectivity index (χ4v) is 10.6. The van der Waals surface area contributed by atoms with Gasteiger partial charge in [-0.1, -0.05) is 333 Å². The van der Waals surface area contributed by atoms with Gasteiger partial charge in [0.1, 0.15) is 13.2 Å². The average Bonchev–Trinajstić information content (AvgIpc) is 3.45. The Balaban J connectivity index is 4.31. The number of allylic oxidation sites excluding steroid dienone is 8. The van der Waals surface area contributed by atoms with E-state index in [0.717, 1.165) is 83.5 Å². The van der Waals surface area contributed by atoms with Gasteiger partial charge in [0.05, 0.1) is 0 Å². The lowest BCUT2D eigenvalue weighted by Crippen LogP contribution is -2.30. The molecule has 0 heterocycles. The summed E-state index contributed by atoms with van der Waals surface area (Å²) < 4.78 is 17.0. The Labute approximate surface area is 492 Å². The second-order valence-electron chi connectivity index (χ2n) is 23.8. The molecule has 0 fully saturated rings. The molecule has 0 aliphatic carbocycles. The Morgan fingerprint density at radius 2 is 0.494 bits per heavy atom. The first kappa shape index (κ1) is 76.4. The van der Waals surface area contributed by atoms with Gasteiger partial charge in [0.15, 0.2) is 6.10 Å². The summed E-state index contributed by atoms with van der Waals surface area (Å²) in [5.41, 5.74) is 0. The van der Waals surface area contributed by atoms with Crippen LogP contribution in [0.25, 0.3) is 0 Å². The molecule has 6 nitrogen and oxygen atoms in total. The highest BCUT2D eigenvalue weighted by Crippen LogP contribution is 2.18. The van der Waals surface area contributed by atoms with Crippen molar-refractivity contribution < 1.29 is 28.6 Å². The van der Waals surface area contributed by atoms with E-state index in [2.05, 4.69) is 69.4 Å². The molecule has 0 aliphatic heterocycles. The predicted octanol–water partition coefficient (Wildman–Crippen LogP) is 24.1. The van der Waals surface area contributed by atoms with Gasteiger partial charge in [0.25, 0.3) is 0 Å². The molecule has 0 rings (SSSR count). The van der Waals surface area contributed by atoms with Crippen LogP contribution < -0.4 is 0 Å². The van der Waals surface area contributed by atoms with E-state index in [0.29, 0.717) is 19.3 Å². The van der Waals surface area contributed by atoms with Crippen LogP contribution in [-0.4, -0.2) is 37.2 Å². The smallest absolute Gasteiger partial charge is 0.306 e. The maximum absolute atomic E-state index is 13.0. The van der Waals surface area contributed by atoms with Crippen molar-refractivity contribution >= 4 is 17.9 Å². The van der Waals surface area contributed by atoms with Gasteiger partial charge in [-0.25, -0.2) is 0 Å². The van der Waals surface area contributed by atoms with Gasteiger partial charge in [-0.05, 0) is 77.0 Å². The average molecular weight is 1110 g/mol. The minimum Gasteiger partial charge on any atom is -0.462 e. The zero-order valence-corrected chi connectivity index (χ0v) is 53.2. The molecular weight excluding hydrogens is 973 g/mol. The Hall–Kier alpha value is -2.63. The van der Waals surface area contributed by atoms with Crippen molar-refractivity contribution in [3.8, 4) is 0 Å². The van der Waals surface area contributed by atoms with Crippen LogP contribution >= 0.6 is 0 Å². The van der Waals surface area contributed by atoms with Crippen LogP contribution in [-0.2, 0) is 28.6 Å². The van der Waals surface area contributed by atoms with Crippen LogP contribution in [0.1, 0.15) is 380 Å². The molecule has 0 aromatic carbocycles. The summed E-state index contributed by atoms with van der Waals surface area (Å²) in [5, 5.41) is 0. The fourth-order valence-electron chi connectivity index (χ4n) is 10.6. The third-order valence-electron chi connectivity index (χ3n) is 15.8. The van der Waals surface area contributed by atoms with E-state index in [1.165, 1.54) is 257 Å². The second-order valence-corrected chi connectivity index (χ2v) is 23.8. The number of unbranched alkanes of at least 4 members (excludes halogenated alkanes) is 46. The highest BCUT2D eigenvalue weighted by Gasteiger charge is 2.19. The maximum Gasteiger partial charge on any atom is 0.306 e. The topological polar surface area (TPSA) is 78.9 Å². The van der Waals surface area contributed by atoms with Gasteiger partial charge >= 0.3 is 17.9 Å². The molecule has 1 unspecified atom stereocenters. The molecule has 79 heavy (non-hydrogen) atoms. The van der Waals surface area contributed by atoms with Crippen molar-refractivity contribution in [3.05, 3.63) is 48.6 Å². The van der Waals surface area contributed by atoms with E-state index in [9.17, 15) is 14.4 Å². The summed E-state index contributed by atoms with van der Waals surface area (Å²) in [5.74, 6) is -0.856. The minimum atomic E-state index is -0.777. The van der Waals surface area contributed by atoms with Crippen molar-refractivity contribution in [1.29, 1.82) is 0 Å². The first-order valence-corrected chi connectivity index (χ1v) is 35.1. The van der Waals surface area contributed by atoms with E-state index >= 15 is 0 Å². The van der Waals surface area contributed by atoms with Crippen LogP contribution in [0.3, 0.4) is 0 Å². The molecule has 0 bridgehead atoms. The largest absolute Gasteiger partial charge is 0.462 e. The van der Waals surface area contributed by atoms with Crippen molar-refractivity contribution in [3.63, 3.8) is 0 Å². The molecule has 0 radical (unpaired) electrons. The number of hydrogen-bond acceptors (Lipinski definition) is 6. The Kier molecular flexibility index (Phi) is 65.6. The minimum absolute atomic E-state index is 0.0724. The van der Waals surface area contributed by atoms with Crippen LogP contribution in [0.4, 0.5) is 0 Å². The van der Waals surface area contributed by atoms with Crippen LogP contribution in [0.15, 0.2) is 48.6 Å². The Bertz CT molecular complexity index is 1360. The third kappa shape index (κ3) is 66.1. The Morgan fingerprint density at radius 3 is 0.785 bits per heavy atom. The first-order valence-electron chi connectivity index (χ1n) is 35.1. The highest BCUT2D eigenvalue weighted by molar-refractivity contribution is 5.71. The molecule has 0 spiro atoms. The van der Waals surface area contributed by atoms with Crippen molar-refractivity contribution in [2.24, 2.45) is 0 Å². The van der Waals surface area contributed by atoms with Gasteiger partial charge in [0, 0.05) is 19.3 Å². The number of esters is 3. The van der Waals surface area contributed by atoms with E-state index in [-0.39, 0.29) is 31.1 Å². The van der Waals surface area contributed by atoms with Gasteiger partial charge in [-0.3, -0.25) is 14.4 Å². The van der Waals surface area contributed by atoms with E-state index in [1.54, 1.807) is 0 Å². The molecule has 0 saturated heterocycles. The molecule has 1 atom stereocenters. The first-order chi connectivity index (χ1) is 39.0. The fraction of sp³-hybridized carbons (Fsp3) is 0.849. The molecule has 0 N–H and O–H groups in total. The summed E-state index contributed by atoms with van der Waals surface area (Å²) in [4.78, 5) is 38.5. The van der Waals surface area contributed by atoms with Crippen molar-refractivity contribution in [1.82, 2.24) is 0 Å². The third-order valence-corrected chi connectivity index (χ3v) is 15.8. The monoisotopic (exact) mass is 1110 g/mol. The van der Waals surface area contributed by atoms with E-state index in [4.69, 9.17) is 14.2 Å². The number of carbonyl (C=O) groups is 3. The zero-order valence-electron chi connectivity index (χ0n) is 53.2. The lowest BCUT2D eigenvalue weighted by Gasteiger charge is -2.18. The summed E-state index contributed by atoms with van der Waals surface area (Å²) in [6.07, 6.45) is 85.6. The number of ether oxygens (including phenoxy) is 3. The quantitative estimate of drug-likeness (QED) is 0.0261. The number of hydrogen-bond donors (Lipinski definition) is 0. The SMILES string of the molecule is CC/C=C\C/C=C\C/C=C\CCCCCCCCCC(=O)OCC(COC(=O)CCCCCCCCCCCCC/C=C\CCCCCCCCCC)OC(=O)CCCCCCCCCCCCCCCCCCCCCCC. The lowest BCUT2D eigenvalue weighted by atomic mass is 10.0. The van der Waals surface area contributed by atoms with Crippen LogP contribution in [0.5, 0.6) is 0 Å². The normalized spacial score (nSPS) is 12.3. The van der Waals surface area contributed by atoms with Gasteiger partial charge in [0.2, 0.25) is 0 Å². The van der Waals surface area contributed by atoms with Gasteiger partial charge in [-0.2, -0.15) is 0 Å². The summed E-state index contributed by atoms with van der Waals surface area (Å²) in [7, 11) is 0. The second kappa shape index (κ2) is 67.9. The number of rotatable bonds is 65. The Morgan fingerprint density at radius 1 is 0.266 bits per heavy atom. The van der Waals surface area contributed by atoms with Gasteiger partial charge < -0.3 is 14.2 Å². The standard InChI is InChI=1S/C73H134O6/c1-4-7-10-13-16-19-22-25-28-31-33-35-36-38-39-42-45-48-51-54-57-60-63-66-72(75)78-69-70(68-77-71(74)65-62-59-56-53-50-47-44-41-30-27-24-21-18-15-12-9-6-3)79-73(76)67-64-61-58-55-52-49-46-43-40-37-34-32-29-26-23-20-17-14-11-8-5-2/h9,12,18,21,27,30-31,33,70H,4-8,10-11,13-17,19-20,22-26,28-29,32,34-69H2,1-3H3/b12-9-,21-18-,30-27-,33-31-. The molecule has 0 amide bonds. The molecule has 0 aromatic rings. The molecule has 0 saturated carbocycles.